The highest BCUT2D eigenvalue weighted by Gasteiger charge is 2.40. The number of halogens is 1. The molecule has 3 nitrogen and oxygen atoms in total. The van der Waals surface area contributed by atoms with Gasteiger partial charge in [-0.1, -0.05) is 30.3 Å². The highest BCUT2D eigenvalue weighted by molar-refractivity contribution is 6.14. The van der Waals surface area contributed by atoms with Gasteiger partial charge in [0.05, 0.1) is 17.4 Å². The third-order valence-electron chi connectivity index (χ3n) is 3.50. The van der Waals surface area contributed by atoms with Crippen molar-refractivity contribution in [3.05, 3.63) is 42.4 Å². The summed E-state index contributed by atoms with van der Waals surface area (Å²) in [6.07, 6.45) is 5.15. The molecule has 2 aromatic rings. The Morgan fingerprint density at radius 1 is 1.24 bits per heavy atom. The number of aromatic amines is 1. The van der Waals surface area contributed by atoms with Crippen molar-refractivity contribution < 1.29 is 0 Å². The smallest absolute Gasteiger partial charge is 0.128 e. The summed E-state index contributed by atoms with van der Waals surface area (Å²) in [4.78, 5) is 10.7. The van der Waals surface area contributed by atoms with Gasteiger partial charge >= 0.3 is 0 Å². The number of H-pyrrole nitrogens is 1. The average molecular weight is 248 g/mol. The Labute approximate surface area is 105 Å². The molecule has 1 aliphatic carbocycles. The van der Waals surface area contributed by atoms with E-state index in [9.17, 15) is 0 Å². The maximum atomic E-state index is 5.84. The van der Waals surface area contributed by atoms with Crippen LogP contribution in [0.15, 0.2) is 36.5 Å². The van der Waals surface area contributed by atoms with Crippen LogP contribution in [0.25, 0.3) is 11.3 Å². The van der Waals surface area contributed by atoms with E-state index < -0.39 is 0 Å². The molecule has 1 heterocycles. The van der Waals surface area contributed by atoms with Gasteiger partial charge in [-0.25, -0.2) is 9.82 Å². The molecule has 0 amide bonds. The molecule has 0 bridgehead atoms. The second-order valence-corrected chi connectivity index (χ2v) is 4.73. The predicted octanol–water partition coefficient (Wildman–Crippen LogP) is 3.20. The first-order valence-corrected chi connectivity index (χ1v) is 6.21. The number of benzene rings is 1. The molecule has 4 heteroatoms. The van der Waals surface area contributed by atoms with E-state index in [0.717, 1.165) is 29.9 Å². The summed E-state index contributed by atoms with van der Waals surface area (Å²) in [5, 5.41) is 0. The van der Waals surface area contributed by atoms with Crippen LogP contribution in [0.2, 0.25) is 0 Å². The Morgan fingerprint density at radius 3 is 2.59 bits per heavy atom. The van der Waals surface area contributed by atoms with Crippen LogP contribution in [0.5, 0.6) is 0 Å². The van der Waals surface area contributed by atoms with Gasteiger partial charge in [0.25, 0.3) is 0 Å². The zero-order valence-electron chi connectivity index (χ0n) is 9.41. The molecule has 0 saturated heterocycles. The molecule has 0 atom stereocenters. The zero-order chi connectivity index (χ0) is 11.7. The Bertz CT molecular complexity index is 497. The first-order chi connectivity index (χ1) is 8.34. The van der Waals surface area contributed by atoms with Crippen LogP contribution >= 0.6 is 11.8 Å². The van der Waals surface area contributed by atoms with Gasteiger partial charge in [-0.2, -0.15) is 0 Å². The van der Waals surface area contributed by atoms with Crippen LogP contribution in [0.3, 0.4) is 0 Å². The predicted molar refractivity (Wildman–Crippen MR) is 68.5 cm³/mol. The summed E-state index contributed by atoms with van der Waals surface area (Å²) in [7, 11) is 0. The maximum absolute atomic E-state index is 5.84. The number of imidazole rings is 1. The molecule has 1 fully saturated rings. The van der Waals surface area contributed by atoms with E-state index in [-0.39, 0.29) is 5.54 Å². The molecule has 3 rings (SSSR count). The molecular formula is C13H14ClN3. The second-order valence-electron chi connectivity index (χ2n) is 4.54. The van der Waals surface area contributed by atoms with Crippen LogP contribution in [-0.2, 0) is 5.54 Å². The second kappa shape index (κ2) is 4.17. The summed E-state index contributed by atoms with van der Waals surface area (Å²) in [6, 6.07) is 10.2. The third-order valence-corrected chi connectivity index (χ3v) is 3.86. The van der Waals surface area contributed by atoms with Crippen LogP contribution in [0.4, 0.5) is 0 Å². The van der Waals surface area contributed by atoms with Gasteiger partial charge in [0.2, 0.25) is 0 Å². The number of rotatable bonds is 3. The van der Waals surface area contributed by atoms with Gasteiger partial charge in [0.1, 0.15) is 5.82 Å². The Morgan fingerprint density at radius 2 is 2.00 bits per heavy atom. The van der Waals surface area contributed by atoms with Crippen molar-refractivity contribution in [2.75, 3.05) is 0 Å². The van der Waals surface area contributed by atoms with Gasteiger partial charge in [0, 0.05) is 0 Å². The minimum atomic E-state index is -0.144. The summed E-state index contributed by atoms with van der Waals surface area (Å²) < 4.78 is 0. The van der Waals surface area contributed by atoms with Crippen LogP contribution in [0, 0.1) is 0 Å². The molecule has 0 radical (unpaired) electrons. The third kappa shape index (κ3) is 1.75. The van der Waals surface area contributed by atoms with Crippen molar-refractivity contribution in [2.24, 2.45) is 0 Å². The lowest BCUT2D eigenvalue weighted by Crippen LogP contribution is -2.44. The highest BCUT2D eigenvalue weighted by atomic mass is 35.5. The molecule has 88 valence electrons. The summed E-state index contributed by atoms with van der Waals surface area (Å²) >= 11 is 5.84. The summed E-state index contributed by atoms with van der Waals surface area (Å²) in [5.74, 6) is 0.942. The fraction of sp³-hybridized carbons (Fsp3) is 0.308. The van der Waals surface area contributed by atoms with E-state index in [1.54, 1.807) is 0 Å². The topological polar surface area (TPSA) is 40.7 Å². The van der Waals surface area contributed by atoms with Gasteiger partial charge in [0.15, 0.2) is 0 Å². The lowest BCUT2D eigenvalue weighted by atomic mass is 9.77. The van der Waals surface area contributed by atoms with Crippen molar-refractivity contribution >= 4 is 11.8 Å². The van der Waals surface area contributed by atoms with E-state index in [4.69, 9.17) is 11.8 Å². The van der Waals surface area contributed by atoms with Crippen molar-refractivity contribution in [2.45, 2.75) is 24.8 Å². The van der Waals surface area contributed by atoms with Crippen molar-refractivity contribution in [3.63, 3.8) is 0 Å². The van der Waals surface area contributed by atoms with Gasteiger partial charge in [-0.3, -0.25) is 0 Å². The highest BCUT2D eigenvalue weighted by Crippen LogP contribution is 2.40. The van der Waals surface area contributed by atoms with Gasteiger partial charge in [-0.05, 0) is 36.6 Å². The zero-order valence-corrected chi connectivity index (χ0v) is 10.2. The molecule has 1 aromatic heterocycles. The first kappa shape index (κ1) is 10.8. The molecule has 0 aliphatic heterocycles. The van der Waals surface area contributed by atoms with Gasteiger partial charge < -0.3 is 4.98 Å². The lowest BCUT2D eigenvalue weighted by molar-refractivity contribution is 0.215. The molecule has 0 spiro atoms. The minimum absolute atomic E-state index is 0.144. The number of nitrogens with zero attached hydrogens (tertiary/aromatic N) is 1. The number of hydrogen-bond acceptors (Lipinski definition) is 2. The van der Waals surface area contributed by atoms with Crippen LogP contribution in [-0.4, -0.2) is 9.97 Å². The molecule has 1 aliphatic rings. The number of aromatic nitrogens is 2. The van der Waals surface area contributed by atoms with Gasteiger partial charge in [-0.15, -0.1) is 0 Å². The summed E-state index contributed by atoms with van der Waals surface area (Å²) in [6.45, 7) is 0. The quantitative estimate of drug-likeness (QED) is 0.818. The SMILES string of the molecule is ClNC1(c2ncc(-c3ccccc3)[nH]2)CCC1. The summed E-state index contributed by atoms with van der Waals surface area (Å²) in [5.41, 5.74) is 2.04. The van der Waals surface area contributed by atoms with Crippen LogP contribution in [0.1, 0.15) is 25.1 Å². The Hall–Kier alpha value is -1.32. The largest absolute Gasteiger partial charge is 0.340 e. The van der Waals surface area contributed by atoms with Crippen LogP contribution < -0.4 is 4.84 Å². The first-order valence-electron chi connectivity index (χ1n) is 5.83. The van der Waals surface area contributed by atoms with E-state index in [0.29, 0.717) is 0 Å². The van der Waals surface area contributed by atoms with E-state index in [1.807, 2.05) is 24.4 Å². The minimum Gasteiger partial charge on any atom is -0.340 e. The van der Waals surface area contributed by atoms with E-state index >= 15 is 0 Å². The van der Waals surface area contributed by atoms with E-state index in [1.165, 1.54) is 6.42 Å². The van der Waals surface area contributed by atoms with Crippen molar-refractivity contribution in [3.8, 4) is 11.3 Å². The standard InChI is InChI=1S/C13H14ClN3/c14-17-13(7-4-8-13)12-15-9-11(16-12)10-5-2-1-3-6-10/h1-3,5-6,9,17H,4,7-8H2,(H,15,16). The molecule has 17 heavy (non-hydrogen) atoms. The van der Waals surface area contributed by atoms with Crippen molar-refractivity contribution in [1.82, 2.24) is 14.8 Å². The lowest BCUT2D eigenvalue weighted by Gasteiger charge is -2.38. The number of hydrogen-bond donors (Lipinski definition) is 2. The van der Waals surface area contributed by atoms with E-state index in [2.05, 4.69) is 26.9 Å². The van der Waals surface area contributed by atoms with Crippen molar-refractivity contribution in [1.29, 1.82) is 0 Å². The fourth-order valence-corrected chi connectivity index (χ4v) is 2.51. The maximum Gasteiger partial charge on any atom is 0.128 e. The average Bonchev–Trinajstić information content (AvgIpc) is 2.80. The normalized spacial score (nSPS) is 17.7. The molecular weight excluding hydrogens is 234 g/mol. The molecule has 1 aromatic carbocycles. The molecule has 0 unspecified atom stereocenters. The Kier molecular flexibility index (Phi) is 2.65. The number of nitrogens with one attached hydrogen (secondary N) is 2. The Balaban J connectivity index is 1.93. The molecule has 2 N–H and O–H groups in total. The fourth-order valence-electron chi connectivity index (χ4n) is 2.24. The monoisotopic (exact) mass is 247 g/mol. The molecule has 1 saturated carbocycles.